The van der Waals surface area contributed by atoms with Crippen molar-refractivity contribution in [2.75, 3.05) is 44.6 Å². The molecule has 2 aliphatic rings. The molecule has 210 valence electrons. The second-order valence-corrected chi connectivity index (χ2v) is 12.0. The molecule has 0 saturated carbocycles. The zero-order valence-electron chi connectivity index (χ0n) is 22.6. The third-order valence-corrected chi connectivity index (χ3v) is 9.32. The van der Waals surface area contributed by atoms with Crippen LogP contribution in [0.15, 0.2) is 65.7 Å². The van der Waals surface area contributed by atoms with Gasteiger partial charge in [0.1, 0.15) is 0 Å². The molecule has 0 bridgehead atoms. The third kappa shape index (κ3) is 6.31. The van der Waals surface area contributed by atoms with Gasteiger partial charge in [-0.15, -0.1) is 0 Å². The van der Waals surface area contributed by atoms with Gasteiger partial charge < -0.3 is 15.1 Å². The van der Waals surface area contributed by atoms with Crippen molar-refractivity contribution in [3.05, 3.63) is 66.4 Å². The summed E-state index contributed by atoms with van der Waals surface area (Å²) in [5.74, 6) is 0.356. The van der Waals surface area contributed by atoms with Gasteiger partial charge in [-0.2, -0.15) is 4.31 Å². The van der Waals surface area contributed by atoms with Crippen LogP contribution in [0.3, 0.4) is 0 Å². The first-order chi connectivity index (χ1) is 19.3. The quantitative estimate of drug-likeness (QED) is 0.486. The summed E-state index contributed by atoms with van der Waals surface area (Å²) in [6.45, 7) is 4.81. The van der Waals surface area contributed by atoms with Gasteiger partial charge >= 0.3 is 0 Å². The summed E-state index contributed by atoms with van der Waals surface area (Å²) in [5, 5.41) is 3.17. The Morgan fingerprint density at radius 1 is 0.775 bits per heavy atom. The lowest BCUT2D eigenvalue weighted by molar-refractivity contribution is -0.130. The average molecular weight is 563 g/mol. The molecule has 0 unspecified atom stereocenters. The molecular formula is C29H34N6O4S. The van der Waals surface area contributed by atoms with Crippen molar-refractivity contribution in [3.8, 4) is 11.3 Å². The molecule has 0 atom stereocenters. The fourth-order valence-electron chi connectivity index (χ4n) is 5.04. The van der Waals surface area contributed by atoms with E-state index in [-0.39, 0.29) is 11.8 Å². The number of rotatable bonds is 6. The van der Waals surface area contributed by atoms with E-state index in [0.29, 0.717) is 61.4 Å². The molecule has 1 N–H and O–H groups in total. The molecule has 0 radical (unpaired) electrons. The lowest BCUT2D eigenvalue weighted by atomic mass is 10.1. The summed E-state index contributed by atoms with van der Waals surface area (Å²) in [7, 11) is -3.51. The molecule has 1 aromatic heterocycles. The molecule has 10 nitrogen and oxygen atoms in total. The largest absolute Gasteiger partial charge is 0.339 e. The fraction of sp³-hybridized carbons (Fsp3) is 0.379. The number of aromatic nitrogens is 2. The van der Waals surface area contributed by atoms with Crippen LogP contribution >= 0.6 is 0 Å². The normalized spacial score (nSPS) is 16.8. The highest BCUT2D eigenvalue weighted by atomic mass is 32.2. The van der Waals surface area contributed by atoms with Crippen molar-refractivity contribution >= 4 is 33.5 Å². The van der Waals surface area contributed by atoms with Gasteiger partial charge in [0.2, 0.25) is 21.9 Å². The maximum Gasteiger partial charge on any atom is 0.253 e. The first-order valence-corrected chi connectivity index (χ1v) is 15.1. The first kappa shape index (κ1) is 27.7. The van der Waals surface area contributed by atoms with E-state index >= 15 is 0 Å². The highest BCUT2D eigenvalue weighted by Crippen LogP contribution is 2.25. The Kier molecular flexibility index (Phi) is 8.41. The Morgan fingerprint density at radius 2 is 1.40 bits per heavy atom. The maximum absolute atomic E-state index is 13.1. The minimum absolute atomic E-state index is 0.0296. The van der Waals surface area contributed by atoms with Crippen molar-refractivity contribution in [2.45, 2.75) is 37.5 Å². The third-order valence-electron chi connectivity index (χ3n) is 7.41. The van der Waals surface area contributed by atoms with E-state index in [1.165, 1.54) is 0 Å². The van der Waals surface area contributed by atoms with Gasteiger partial charge in [0, 0.05) is 69.2 Å². The number of anilines is 2. The molecule has 0 spiro atoms. The van der Waals surface area contributed by atoms with Gasteiger partial charge in [0.15, 0.2) is 0 Å². The van der Waals surface area contributed by atoms with Gasteiger partial charge in [-0.1, -0.05) is 25.0 Å². The Balaban J connectivity index is 1.23. The first-order valence-electron chi connectivity index (χ1n) is 13.7. The number of piperazine rings is 1. The molecule has 2 fully saturated rings. The zero-order chi connectivity index (χ0) is 28.1. The SMILES string of the molecule is CC(=O)N1CCN(C(=O)c2ccc(Nc3nccc(-c4ccc(S(=O)(=O)N5CCCCCC5)cc4)n3)cc2)CC1. The molecule has 5 rings (SSSR count). The van der Waals surface area contributed by atoms with Crippen molar-refractivity contribution in [1.82, 2.24) is 24.1 Å². The van der Waals surface area contributed by atoms with Crippen LogP contribution in [0, 0.1) is 0 Å². The Bertz CT molecular complexity index is 1440. The molecule has 11 heteroatoms. The van der Waals surface area contributed by atoms with Crippen molar-refractivity contribution in [3.63, 3.8) is 0 Å². The number of carbonyl (C=O) groups is 2. The molecule has 3 aromatic rings. The van der Waals surface area contributed by atoms with Crippen LogP contribution in [-0.4, -0.2) is 83.6 Å². The van der Waals surface area contributed by atoms with Crippen molar-refractivity contribution in [2.24, 2.45) is 0 Å². The van der Waals surface area contributed by atoms with Gasteiger partial charge in [0.25, 0.3) is 5.91 Å². The summed E-state index contributed by atoms with van der Waals surface area (Å²) in [6, 6.07) is 15.7. The highest BCUT2D eigenvalue weighted by molar-refractivity contribution is 7.89. The molecule has 0 aliphatic carbocycles. The van der Waals surface area contributed by atoms with Crippen LogP contribution in [0.25, 0.3) is 11.3 Å². The van der Waals surface area contributed by atoms with E-state index in [1.54, 1.807) is 81.8 Å². The number of amides is 2. The molecule has 2 saturated heterocycles. The fourth-order valence-corrected chi connectivity index (χ4v) is 6.56. The van der Waals surface area contributed by atoms with E-state index in [4.69, 9.17) is 0 Å². The standard InChI is InChI=1S/C29H34N6O4S/c1-22(36)33-18-20-34(21-19-33)28(37)24-6-10-25(11-7-24)31-29-30-15-14-27(32-29)23-8-12-26(13-9-23)40(38,39)35-16-4-2-3-5-17-35/h6-15H,2-5,16-21H2,1H3,(H,30,31,32). The van der Waals surface area contributed by atoms with Crippen LogP contribution in [0.1, 0.15) is 43.0 Å². The monoisotopic (exact) mass is 562 g/mol. The number of hydrogen-bond acceptors (Lipinski definition) is 7. The molecule has 2 aromatic carbocycles. The number of hydrogen-bond donors (Lipinski definition) is 1. The summed E-state index contributed by atoms with van der Waals surface area (Å²) >= 11 is 0. The maximum atomic E-state index is 13.1. The predicted octanol–water partition coefficient (Wildman–Crippen LogP) is 3.76. The van der Waals surface area contributed by atoms with Crippen LogP contribution in [0.4, 0.5) is 11.6 Å². The van der Waals surface area contributed by atoms with E-state index in [2.05, 4.69) is 15.3 Å². The van der Waals surface area contributed by atoms with E-state index in [9.17, 15) is 18.0 Å². The number of carbonyl (C=O) groups excluding carboxylic acids is 2. The average Bonchev–Trinajstić information content (AvgIpc) is 3.28. The van der Waals surface area contributed by atoms with Gasteiger partial charge in [-0.05, 0) is 55.3 Å². The summed E-state index contributed by atoms with van der Waals surface area (Å²) in [4.78, 5) is 37.1. The van der Waals surface area contributed by atoms with E-state index < -0.39 is 10.0 Å². The lowest BCUT2D eigenvalue weighted by Gasteiger charge is -2.34. The second kappa shape index (κ2) is 12.1. The van der Waals surface area contributed by atoms with Gasteiger partial charge in [-0.25, -0.2) is 18.4 Å². The topological polar surface area (TPSA) is 116 Å². The predicted molar refractivity (Wildman–Crippen MR) is 153 cm³/mol. The minimum atomic E-state index is -3.51. The molecule has 2 amide bonds. The van der Waals surface area contributed by atoms with Gasteiger partial charge in [0.05, 0.1) is 10.6 Å². The number of nitrogens with zero attached hydrogens (tertiary/aromatic N) is 5. The van der Waals surface area contributed by atoms with Crippen LogP contribution in [-0.2, 0) is 14.8 Å². The van der Waals surface area contributed by atoms with Gasteiger partial charge in [-0.3, -0.25) is 9.59 Å². The lowest BCUT2D eigenvalue weighted by Crippen LogP contribution is -2.50. The molecule has 40 heavy (non-hydrogen) atoms. The summed E-state index contributed by atoms with van der Waals surface area (Å²) in [6.07, 6.45) is 5.57. The van der Waals surface area contributed by atoms with Crippen LogP contribution < -0.4 is 5.32 Å². The number of nitrogens with one attached hydrogen (secondary N) is 1. The number of benzene rings is 2. The van der Waals surface area contributed by atoms with E-state index in [0.717, 1.165) is 36.9 Å². The molecular weight excluding hydrogens is 528 g/mol. The minimum Gasteiger partial charge on any atom is -0.339 e. The zero-order valence-corrected chi connectivity index (χ0v) is 23.4. The molecule has 3 heterocycles. The summed E-state index contributed by atoms with van der Waals surface area (Å²) < 4.78 is 27.8. The van der Waals surface area contributed by atoms with Crippen molar-refractivity contribution < 1.29 is 18.0 Å². The van der Waals surface area contributed by atoms with E-state index in [1.807, 2.05) is 0 Å². The summed E-state index contributed by atoms with van der Waals surface area (Å²) in [5.41, 5.74) is 2.75. The smallest absolute Gasteiger partial charge is 0.253 e. The van der Waals surface area contributed by atoms with Crippen LogP contribution in [0.2, 0.25) is 0 Å². The second-order valence-electron chi connectivity index (χ2n) is 10.1. The Morgan fingerprint density at radius 3 is 2.02 bits per heavy atom. The van der Waals surface area contributed by atoms with Crippen molar-refractivity contribution in [1.29, 1.82) is 0 Å². The molecule has 2 aliphatic heterocycles. The highest BCUT2D eigenvalue weighted by Gasteiger charge is 2.25. The Hall–Kier alpha value is -3.83. The number of sulfonamides is 1. The van der Waals surface area contributed by atoms with Crippen LogP contribution in [0.5, 0.6) is 0 Å². The Labute approximate surface area is 235 Å².